The van der Waals surface area contributed by atoms with Gasteiger partial charge < -0.3 is 9.47 Å². The molecule has 0 fully saturated rings. The number of rotatable bonds is 7. The van der Waals surface area contributed by atoms with Crippen LogP contribution in [0.4, 0.5) is 0 Å². The molecular formula is C14H26O2. The van der Waals surface area contributed by atoms with Crippen molar-refractivity contribution in [3.8, 4) is 12.3 Å². The molecule has 0 atom stereocenters. The summed E-state index contributed by atoms with van der Waals surface area (Å²) in [6, 6.07) is 0. The van der Waals surface area contributed by atoms with Gasteiger partial charge >= 0.3 is 0 Å². The Morgan fingerprint density at radius 2 is 1.69 bits per heavy atom. The maximum atomic E-state index is 5.79. The Kier molecular flexibility index (Phi) is 6.07. The highest BCUT2D eigenvalue weighted by Gasteiger charge is 2.22. The Bertz CT molecular complexity index is 234. The molecule has 0 bridgehead atoms. The first-order valence-electron chi connectivity index (χ1n) is 5.94. The normalized spacial score (nSPS) is 12.9. The molecule has 0 rings (SSSR count). The molecule has 0 aromatic rings. The lowest BCUT2D eigenvalue weighted by atomic mass is 10.0. The van der Waals surface area contributed by atoms with Crippen LogP contribution in [0, 0.1) is 12.3 Å². The molecule has 0 saturated heterocycles. The van der Waals surface area contributed by atoms with Crippen molar-refractivity contribution in [2.24, 2.45) is 0 Å². The molecule has 0 aliphatic carbocycles. The van der Waals surface area contributed by atoms with Gasteiger partial charge in [-0.15, -0.1) is 12.3 Å². The lowest BCUT2D eigenvalue weighted by Crippen LogP contribution is -2.32. The van der Waals surface area contributed by atoms with Gasteiger partial charge in [-0.2, -0.15) is 0 Å². The van der Waals surface area contributed by atoms with Crippen molar-refractivity contribution in [1.29, 1.82) is 0 Å². The Balaban J connectivity index is 3.93. The molecule has 0 aliphatic heterocycles. The second-order valence-corrected chi connectivity index (χ2v) is 5.67. The second-order valence-electron chi connectivity index (χ2n) is 5.67. The molecule has 2 nitrogen and oxygen atoms in total. The van der Waals surface area contributed by atoms with E-state index < -0.39 is 0 Å². The summed E-state index contributed by atoms with van der Waals surface area (Å²) in [5.41, 5.74) is -0.372. The topological polar surface area (TPSA) is 18.5 Å². The zero-order valence-corrected chi connectivity index (χ0v) is 11.6. The summed E-state index contributed by atoms with van der Waals surface area (Å²) in [5, 5.41) is 0. The fourth-order valence-corrected chi connectivity index (χ4v) is 1.57. The summed E-state index contributed by atoms with van der Waals surface area (Å²) in [7, 11) is 0. The van der Waals surface area contributed by atoms with Gasteiger partial charge in [0.15, 0.2) is 0 Å². The fraction of sp³-hybridized carbons (Fsp3) is 0.857. The summed E-state index contributed by atoms with van der Waals surface area (Å²) in [6.45, 7) is 13.0. The minimum absolute atomic E-state index is 0.139. The van der Waals surface area contributed by atoms with E-state index in [1.165, 1.54) is 0 Å². The Hall–Kier alpha value is -0.520. The van der Waals surface area contributed by atoms with Crippen molar-refractivity contribution < 1.29 is 9.47 Å². The maximum Gasteiger partial charge on any atom is 0.0735 e. The van der Waals surface area contributed by atoms with Crippen molar-refractivity contribution >= 4 is 0 Å². The van der Waals surface area contributed by atoms with Gasteiger partial charge in [-0.25, -0.2) is 0 Å². The monoisotopic (exact) mass is 226 g/mol. The molecule has 0 radical (unpaired) electrons. The van der Waals surface area contributed by atoms with Crippen molar-refractivity contribution in [3.63, 3.8) is 0 Å². The summed E-state index contributed by atoms with van der Waals surface area (Å²) in [6.07, 6.45) is 7.04. The first-order chi connectivity index (χ1) is 7.18. The van der Waals surface area contributed by atoms with Crippen LogP contribution in [0.5, 0.6) is 0 Å². The van der Waals surface area contributed by atoms with Gasteiger partial charge in [0.25, 0.3) is 0 Å². The zero-order valence-electron chi connectivity index (χ0n) is 11.6. The van der Waals surface area contributed by atoms with Gasteiger partial charge in [0.2, 0.25) is 0 Å². The second kappa shape index (κ2) is 6.27. The van der Waals surface area contributed by atoms with Crippen molar-refractivity contribution in [1.82, 2.24) is 0 Å². The lowest BCUT2D eigenvalue weighted by Gasteiger charge is -2.30. The van der Waals surface area contributed by atoms with Crippen LogP contribution in [0.1, 0.15) is 54.4 Å². The Morgan fingerprint density at radius 3 is 2.12 bits per heavy atom. The van der Waals surface area contributed by atoms with E-state index in [1.807, 2.05) is 27.7 Å². The average molecular weight is 226 g/mol. The van der Waals surface area contributed by atoms with Gasteiger partial charge in [0.05, 0.1) is 23.9 Å². The molecule has 0 amide bonds. The van der Waals surface area contributed by atoms with Crippen LogP contribution in [-0.4, -0.2) is 23.9 Å². The third kappa shape index (κ3) is 7.73. The average Bonchev–Trinajstić information content (AvgIpc) is 1.99. The first kappa shape index (κ1) is 15.5. The van der Waals surface area contributed by atoms with Crippen molar-refractivity contribution in [3.05, 3.63) is 0 Å². The van der Waals surface area contributed by atoms with E-state index in [-0.39, 0.29) is 17.3 Å². The number of hydrogen-bond donors (Lipinski definition) is 0. The smallest absolute Gasteiger partial charge is 0.0735 e. The van der Waals surface area contributed by atoms with Crippen LogP contribution >= 0.6 is 0 Å². The van der Waals surface area contributed by atoms with E-state index in [0.29, 0.717) is 13.0 Å². The molecule has 0 aliphatic rings. The standard InChI is InChI=1S/C14H26O2/c1-8-9-13(4,5)15-11-10-14(6,7)16-12(2)3/h1,12H,9-11H2,2-7H3. The van der Waals surface area contributed by atoms with Gasteiger partial charge in [-0.05, 0) is 48.0 Å². The third-order valence-corrected chi connectivity index (χ3v) is 2.28. The van der Waals surface area contributed by atoms with E-state index in [0.717, 1.165) is 6.42 Å². The number of hydrogen-bond acceptors (Lipinski definition) is 2. The van der Waals surface area contributed by atoms with Crippen LogP contribution in [0.3, 0.4) is 0 Å². The van der Waals surface area contributed by atoms with Gasteiger partial charge in [-0.1, -0.05) is 0 Å². The summed E-state index contributed by atoms with van der Waals surface area (Å²) in [4.78, 5) is 0. The molecule has 0 unspecified atom stereocenters. The van der Waals surface area contributed by atoms with Crippen LogP contribution in [0.25, 0.3) is 0 Å². The maximum absolute atomic E-state index is 5.79. The molecular weight excluding hydrogens is 200 g/mol. The SMILES string of the molecule is C#CCC(C)(C)OCCC(C)(C)OC(C)C. The highest BCUT2D eigenvalue weighted by atomic mass is 16.5. The number of terminal acetylenes is 1. The predicted octanol–water partition coefficient (Wildman–Crippen LogP) is 3.40. The highest BCUT2D eigenvalue weighted by Crippen LogP contribution is 2.20. The van der Waals surface area contributed by atoms with E-state index in [2.05, 4.69) is 19.8 Å². The van der Waals surface area contributed by atoms with Crippen LogP contribution < -0.4 is 0 Å². The molecule has 0 N–H and O–H groups in total. The quantitative estimate of drug-likeness (QED) is 0.619. The minimum Gasteiger partial charge on any atom is -0.374 e. The molecule has 0 aromatic carbocycles. The minimum atomic E-state index is -0.233. The van der Waals surface area contributed by atoms with Crippen molar-refractivity contribution in [2.45, 2.75) is 71.7 Å². The van der Waals surface area contributed by atoms with E-state index in [9.17, 15) is 0 Å². The molecule has 0 heterocycles. The Morgan fingerprint density at radius 1 is 1.12 bits per heavy atom. The molecule has 2 heteroatoms. The lowest BCUT2D eigenvalue weighted by molar-refractivity contribution is -0.0906. The van der Waals surface area contributed by atoms with Crippen LogP contribution in [-0.2, 0) is 9.47 Å². The highest BCUT2D eigenvalue weighted by molar-refractivity contribution is 4.91. The Labute approximate surface area is 101 Å². The zero-order chi connectivity index (χ0) is 12.8. The molecule has 0 saturated carbocycles. The van der Waals surface area contributed by atoms with Gasteiger partial charge in [0.1, 0.15) is 0 Å². The number of ether oxygens (including phenoxy) is 2. The summed E-state index contributed by atoms with van der Waals surface area (Å²) in [5.74, 6) is 2.63. The molecule has 94 valence electrons. The van der Waals surface area contributed by atoms with Gasteiger partial charge in [0, 0.05) is 6.42 Å². The predicted molar refractivity (Wildman–Crippen MR) is 68.4 cm³/mol. The third-order valence-electron chi connectivity index (χ3n) is 2.28. The fourth-order valence-electron chi connectivity index (χ4n) is 1.57. The van der Waals surface area contributed by atoms with Crippen LogP contribution in [0.15, 0.2) is 0 Å². The first-order valence-corrected chi connectivity index (χ1v) is 5.94. The molecule has 16 heavy (non-hydrogen) atoms. The van der Waals surface area contributed by atoms with E-state index >= 15 is 0 Å². The largest absolute Gasteiger partial charge is 0.374 e. The van der Waals surface area contributed by atoms with E-state index in [4.69, 9.17) is 15.9 Å². The van der Waals surface area contributed by atoms with Gasteiger partial charge in [-0.3, -0.25) is 0 Å². The summed E-state index contributed by atoms with van der Waals surface area (Å²) >= 11 is 0. The summed E-state index contributed by atoms with van der Waals surface area (Å²) < 4.78 is 11.6. The van der Waals surface area contributed by atoms with Crippen molar-refractivity contribution in [2.75, 3.05) is 6.61 Å². The van der Waals surface area contributed by atoms with E-state index in [1.54, 1.807) is 0 Å². The molecule has 0 aromatic heterocycles. The molecule has 0 spiro atoms. The van der Waals surface area contributed by atoms with Crippen LogP contribution in [0.2, 0.25) is 0 Å².